The third-order valence-corrected chi connectivity index (χ3v) is 4.41. The summed E-state index contributed by atoms with van der Waals surface area (Å²) < 4.78 is 4.37. The van der Waals surface area contributed by atoms with E-state index in [4.69, 9.17) is 5.73 Å². The summed E-state index contributed by atoms with van der Waals surface area (Å²) in [6.07, 6.45) is 0. The summed E-state index contributed by atoms with van der Waals surface area (Å²) in [6, 6.07) is 11.4. The fourth-order valence-electron chi connectivity index (χ4n) is 1.92. The van der Waals surface area contributed by atoms with Crippen molar-refractivity contribution in [3.05, 3.63) is 49.8 Å². The molecule has 0 fully saturated rings. The van der Waals surface area contributed by atoms with Crippen LogP contribution in [0.3, 0.4) is 0 Å². The molecular formula is C13H8Br3N5. The van der Waals surface area contributed by atoms with E-state index in [-0.39, 0.29) is 0 Å². The first-order chi connectivity index (χ1) is 10.0. The van der Waals surface area contributed by atoms with Crippen LogP contribution in [0.2, 0.25) is 0 Å². The maximum atomic E-state index is 5.88. The summed E-state index contributed by atoms with van der Waals surface area (Å²) in [5, 5.41) is 12.0. The molecule has 2 N–H and O–H groups in total. The predicted octanol–water partition coefficient (Wildman–Crippen LogP) is 4.20. The van der Waals surface area contributed by atoms with Crippen LogP contribution in [0.4, 0.5) is 5.69 Å². The molecule has 21 heavy (non-hydrogen) atoms. The van der Waals surface area contributed by atoms with E-state index < -0.39 is 0 Å². The van der Waals surface area contributed by atoms with E-state index in [0.29, 0.717) is 11.5 Å². The average Bonchev–Trinajstić information content (AvgIpc) is 2.89. The molecule has 0 saturated carbocycles. The predicted molar refractivity (Wildman–Crippen MR) is 92.1 cm³/mol. The standard InChI is InChI=1S/C13H8Br3N5/c14-8-1-2-11(16)12(6-8)21-13(18-19-20-21)7-3-9(15)5-10(17)4-7/h1-6H,17H2. The fraction of sp³-hybridized carbons (Fsp3) is 0. The number of nitrogen functional groups attached to an aromatic ring is 1. The highest BCUT2D eigenvalue weighted by molar-refractivity contribution is 9.11. The van der Waals surface area contributed by atoms with Crippen molar-refractivity contribution in [2.24, 2.45) is 0 Å². The minimum Gasteiger partial charge on any atom is -0.399 e. The molecule has 0 spiro atoms. The summed E-state index contributed by atoms with van der Waals surface area (Å²) in [7, 11) is 0. The number of rotatable bonds is 2. The molecule has 1 aromatic heterocycles. The van der Waals surface area contributed by atoms with Crippen LogP contribution < -0.4 is 5.73 Å². The number of benzene rings is 2. The van der Waals surface area contributed by atoms with Gasteiger partial charge in [-0.1, -0.05) is 31.9 Å². The Bertz CT molecular complexity index is 795. The smallest absolute Gasteiger partial charge is 0.187 e. The Morgan fingerprint density at radius 3 is 2.52 bits per heavy atom. The van der Waals surface area contributed by atoms with Gasteiger partial charge in [-0.25, -0.2) is 0 Å². The van der Waals surface area contributed by atoms with E-state index in [0.717, 1.165) is 24.7 Å². The van der Waals surface area contributed by atoms with Gasteiger partial charge in [-0.15, -0.1) is 5.10 Å². The Morgan fingerprint density at radius 2 is 1.76 bits per heavy atom. The van der Waals surface area contributed by atoms with Crippen molar-refractivity contribution in [2.45, 2.75) is 0 Å². The second-order valence-corrected chi connectivity index (χ2v) is 6.97. The van der Waals surface area contributed by atoms with Crippen LogP contribution in [-0.2, 0) is 0 Å². The largest absolute Gasteiger partial charge is 0.399 e. The van der Waals surface area contributed by atoms with Crippen molar-refractivity contribution < 1.29 is 0 Å². The quantitative estimate of drug-likeness (QED) is 0.566. The van der Waals surface area contributed by atoms with Gasteiger partial charge in [0.25, 0.3) is 0 Å². The van der Waals surface area contributed by atoms with Gasteiger partial charge in [0.1, 0.15) is 0 Å². The second-order valence-electron chi connectivity index (χ2n) is 4.28. The molecule has 0 bridgehead atoms. The first-order valence-electron chi connectivity index (χ1n) is 5.85. The first-order valence-corrected chi connectivity index (χ1v) is 8.23. The summed E-state index contributed by atoms with van der Waals surface area (Å²) in [5.74, 6) is 0.613. The van der Waals surface area contributed by atoms with Crippen LogP contribution in [0.15, 0.2) is 49.8 Å². The summed E-state index contributed by atoms with van der Waals surface area (Å²) in [5.41, 5.74) is 8.19. The number of hydrogen-bond donors (Lipinski definition) is 1. The van der Waals surface area contributed by atoms with Crippen molar-refractivity contribution in [3.63, 3.8) is 0 Å². The molecule has 0 radical (unpaired) electrons. The molecule has 0 aliphatic rings. The minimum atomic E-state index is 0.613. The van der Waals surface area contributed by atoms with E-state index in [1.165, 1.54) is 0 Å². The molecule has 3 aromatic rings. The summed E-state index contributed by atoms with van der Waals surface area (Å²) in [4.78, 5) is 0. The highest BCUT2D eigenvalue weighted by Gasteiger charge is 2.14. The molecular weight excluding hydrogens is 466 g/mol. The third-order valence-electron chi connectivity index (χ3n) is 2.78. The van der Waals surface area contributed by atoms with E-state index in [9.17, 15) is 0 Å². The topological polar surface area (TPSA) is 69.6 Å². The van der Waals surface area contributed by atoms with Crippen LogP contribution in [0.25, 0.3) is 17.1 Å². The van der Waals surface area contributed by atoms with E-state index >= 15 is 0 Å². The van der Waals surface area contributed by atoms with Crippen LogP contribution >= 0.6 is 47.8 Å². The summed E-state index contributed by atoms with van der Waals surface area (Å²) in [6.45, 7) is 0. The lowest BCUT2D eigenvalue weighted by atomic mass is 10.2. The zero-order chi connectivity index (χ0) is 15.0. The van der Waals surface area contributed by atoms with Crippen molar-refractivity contribution >= 4 is 53.5 Å². The molecule has 0 amide bonds. The summed E-state index contributed by atoms with van der Waals surface area (Å²) >= 11 is 10.4. The van der Waals surface area contributed by atoms with Crippen LogP contribution in [0, 0.1) is 0 Å². The molecule has 0 aliphatic heterocycles. The molecule has 5 nitrogen and oxygen atoms in total. The number of tetrazole rings is 1. The van der Waals surface area contributed by atoms with Gasteiger partial charge in [-0.3, -0.25) is 0 Å². The zero-order valence-electron chi connectivity index (χ0n) is 10.5. The molecule has 2 aromatic carbocycles. The molecule has 0 aliphatic carbocycles. The maximum Gasteiger partial charge on any atom is 0.187 e. The zero-order valence-corrected chi connectivity index (χ0v) is 15.2. The van der Waals surface area contributed by atoms with E-state index in [2.05, 4.69) is 63.3 Å². The normalized spacial score (nSPS) is 10.8. The number of anilines is 1. The number of nitrogens with zero attached hydrogens (tertiary/aromatic N) is 4. The van der Waals surface area contributed by atoms with Crippen molar-refractivity contribution in [2.75, 3.05) is 5.73 Å². The first kappa shape index (κ1) is 14.7. The van der Waals surface area contributed by atoms with Gasteiger partial charge in [0.15, 0.2) is 5.82 Å². The Labute approximate surface area is 145 Å². The lowest BCUT2D eigenvalue weighted by Gasteiger charge is -2.08. The van der Waals surface area contributed by atoms with Crippen LogP contribution in [0.5, 0.6) is 0 Å². The Balaban J connectivity index is 2.19. The van der Waals surface area contributed by atoms with Crippen LogP contribution in [-0.4, -0.2) is 20.2 Å². The van der Waals surface area contributed by atoms with Gasteiger partial charge in [-0.05, 0) is 62.8 Å². The van der Waals surface area contributed by atoms with Gasteiger partial charge < -0.3 is 5.73 Å². The molecule has 106 valence electrons. The van der Waals surface area contributed by atoms with E-state index in [1.54, 1.807) is 4.68 Å². The molecule has 1 heterocycles. The van der Waals surface area contributed by atoms with E-state index in [1.807, 2.05) is 36.4 Å². The average molecular weight is 474 g/mol. The van der Waals surface area contributed by atoms with Crippen LogP contribution in [0.1, 0.15) is 0 Å². The number of halogens is 3. The highest BCUT2D eigenvalue weighted by atomic mass is 79.9. The molecule has 0 saturated heterocycles. The SMILES string of the molecule is Nc1cc(Br)cc(-c2nnnn2-c2cc(Br)ccc2Br)c1. The van der Waals surface area contributed by atoms with Gasteiger partial charge in [0.05, 0.1) is 5.69 Å². The molecule has 0 unspecified atom stereocenters. The van der Waals surface area contributed by atoms with Crippen molar-refractivity contribution in [3.8, 4) is 17.1 Å². The maximum absolute atomic E-state index is 5.88. The number of aromatic nitrogens is 4. The van der Waals surface area contributed by atoms with Gasteiger partial charge in [0, 0.05) is 24.7 Å². The molecule has 3 rings (SSSR count). The monoisotopic (exact) mass is 471 g/mol. The highest BCUT2D eigenvalue weighted by Crippen LogP contribution is 2.29. The molecule has 8 heteroatoms. The second kappa shape index (κ2) is 5.86. The number of nitrogens with two attached hydrogens (primary N) is 1. The van der Waals surface area contributed by atoms with Crippen molar-refractivity contribution in [1.82, 2.24) is 20.2 Å². The van der Waals surface area contributed by atoms with Gasteiger partial charge in [0.2, 0.25) is 0 Å². The Morgan fingerprint density at radius 1 is 0.952 bits per heavy atom. The number of hydrogen-bond acceptors (Lipinski definition) is 4. The molecule has 0 atom stereocenters. The lowest BCUT2D eigenvalue weighted by molar-refractivity contribution is 0.788. The van der Waals surface area contributed by atoms with Gasteiger partial charge >= 0.3 is 0 Å². The lowest BCUT2D eigenvalue weighted by Crippen LogP contribution is -2.01. The Kier molecular flexibility index (Phi) is 4.10. The Hall–Kier alpha value is -1.25. The fourth-order valence-corrected chi connectivity index (χ4v) is 3.19. The minimum absolute atomic E-state index is 0.613. The van der Waals surface area contributed by atoms with Gasteiger partial charge in [-0.2, -0.15) is 4.68 Å². The third kappa shape index (κ3) is 3.02. The van der Waals surface area contributed by atoms with Crippen molar-refractivity contribution in [1.29, 1.82) is 0 Å².